The van der Waals surface area contributed by atoms with E-state index in [0.717, 1.165) is 76.4 Å². The fraction of sp³-hybridized carbons (Fsp3) is 0. The summed E-state index contributed by atoms with van der Waals surface area (Å²) in [4.78, 5) is 4.65. The normalized spacial score (nSPS) is 14.1. The molecule has 9 nitrogen and oxygen atoms in total. The maximum Gasteiger partial charge on any atom is 0.252 e. The quantitative estimate of drug-likeness (QED) is 0.119. The predicted octanol–water partition coefficient (Wildman–Crippen LogP) is 33.1. The molecule has 0 amide bonds. The highest BCUT2D eigenvalue weighted by atomic mass is 16.3. The van der Waals surface area contributed by atoms with E-state index < -0.39 is 55.1 Å². The van der Waals surface area contributed by atoms with Crippen molar-refractivity contribution in [3.63, 3.8) is 0 Å². The van der Waals surface area contributed by atoms with E-state index in [1.54, 1.807) is 57.7 Å². The largest absolute Gasteiger partial charge is 0.456 e. The second-order valence-electron chi connectivity index (χ2n) is 35.1. The molecule has 0 spiro atoms. The van der Waals surface area contributed by atoms with Gasteiger partial charge in [0.1, 0.15) is 55.8 Å². The molecule has 10 heteroatoms. The molecule has 0 bridgehead atoms. The molecule has 28 aromatic rings. The zero-order chi connectivity index (χ0) is 101. The highest BCUT2D eigenvalue weighted by Crippen LogP contribution is 2.60. The minimum absolute atomic E-state index is 0.0121. The van der Waals surface area contributed by atoms with Crippen molar-refractivity contribution in [2.75, 3.05) is 9.80 Å². The Balaban J connectivity index is 0.840. The van der Waals surface area contributed by atoms with Crippen LogP contribution < -0.4 is 26.2 Å². The Bertz CT molecular complexity index is 10600. The summed E-state index contributed by atoms with van der Waals surface area (Å²) < 4.78 is 183. The Kier molecular flexibility index (Phi) is 13.1. The van der Waals surface area contributed by atoms with Crippen LogP contribution in [0.2, 0.25) is 0 Å². The third-order valence-electron chi connectivity index (χ3n) is 28.0. The van der Waals surface area contributed by atoms with Crippen molar-refractivity contribution >= 4 is 211 Å². The van der Waals surface area contributed by atoms with Gasteiger partial charge in [0.2, 0.25) is 0 Å². The maximum atomic E-state index is 10.9. The van der Waals surface area contributed by atoms with Gasteiger partial charge in [0.05, 0.1) is 63.4 Å². The van der Waals surface area contributed by atoms with Gasteiger partial charge in [0, 0.05) is 132 Å². The van der Waals surface area contributed by atoms with Crippen LogP contribution in [0.3, 0.4) is 0 Å². The number of fused-ring (bicyclic) bond motifs is 25. The molecule has 30 rings (SSSR count). The fourth-order valence-electron chi connectivity index (χ4n) is 22.2. The molecule has 0 N–H and O–H groups in total. The number of rotatable bonds is 11. The molecule has 0 unspecified atom stereocenters. The Morgan fingerprint density at radius 1 is 0.213 bits per heavy atom. The summed E-state index contributed by atoms with van der Waals surface area (Å²) in [5.74, 6) is 0. The van der Waals surface area contributed by atoms with Crippen molar-refractivity contribution < 1.29 is 41.3 Å². The molecule has 136 heavy (non-hydrogen) atoms. The second kappa shape index (κ2) is 28.7. The number of nitrogens with zero attached hydrogens (tertiary/aromatic N) is 4. The molecule has 2 aliphatic rings. The summed E-state index contributed by atoms with van der Waals surface area (Å²) >= 11 is 0. The lowest BCUT2D eigenvalue weighted by Crippen LogP contribution is -2.61. The minimum atomic E-state index is -0.965. The van der Waals surface area contributed by atoms with Gasteiger partial charge in [-0.15, -0.1) is 0 Å². The predicted molar refractivity (Wildman–Crippen MR) is 564 cm³/mol. The van der Waals surface area contributed by atoms with Gasteiger partial charge < -0.3 is 41.0 Å². The summed E-state index contributed by atoms with van der Waals surface area (Å²) in [5, 5.41) is 7.76. The Hall–Kier alpha value is -18.1. The molecular formula is C126H73BN4O5. The SMILES string of the molecule is [2H]c1c([2H])c([2H])c2c(c1[2H])c1c([2H])c(-c3ccccc3)c([2H])c([2H])c1n2-c1ccc2c(c1)N(c1c(-c3cccc4c3oc3ccccc34)cc(-c3ccccc3)c3oc4ccccc4c13)c1cc(-c3cccc4oc5ccccc5c34)cc3c1B2c1ccc(-n2c4c([2H])c([2H])c([2H])c([2H])c4c4c([2H])c([2H])c(-c5ccccc5)c([2H])c42)cc1N3c1c(-c2cccc3c2oc2ccccc23)cc(-c2ccccc2)c2oc3ccccc3c12. The number of anilines is 6. The topological polar surface area (TPSA) is 82.0 Å². The third-order valence-corrected chi connectivity index (χ3v) is 28.0. The van der Waals surface area contributed by atoms with Crippen molar-refractivity contribution in [1.29, 1.82) is 0 Å². The summed E-state index contributed by atoms with van der Waals surface area (Å²) in [7, 11) is 0. The van der Waals surface area contributed by atoms with Gasteiger partial charge in [-0.1, -0.05) is 327 Å². The number of aromatic nitrogens is 2. The van der Waals surface area contributed by atoms with Crippen LogP contribution in [-0.4, -0.2) is 15.8 Å². The second-order valence-corrected chi connectivity index (χ2v) is 35.1. The summed E-state index contributed by atoms with van der Waals surface area (Å²) in [5.41, 5.74) is 20.2. The van der Waals surface area contributed by atoms with E-state index in [0.29, 0.717) is 156 Å². The first-order valence-electron chi connectivity index (χ1n) is 52.4. The van der Waals surface area contributed by atoms with Gasteiger partial charge in [-0.3, -0.25) is 0 Å². The first-order valence-corrected chi connectivity index (χ1v) is 45.4. The highest BCUT2D eigenvalue weighted by molar-refractivity contribution is 7.00. The lowest BCUT2D eigenvalue weighted by atomic mass is 9.33. The number of hydrogen-bond donors (Lipinski definition) is 0. The Morgan fingerprint density at radius 2 is 0.596 bits per heavy atom. The number of benzene rings is 21. The van der Waals surface area contributed by atoms with Crippen LogP contribution in [0.4, 0.5) is 34.1 Å². The number of hydrogen-bond acceptors (Lipinski definition) is 7. The summed E-state index contributed by atoms with van der Waals surface area (Å²) in [6.07, 6.45) is 0. The van der Waals surface area contributed by atoms with E-state index in [2.05, 4.69) is 137 Å². The Morgan fingerprint density at radius 3 is 1.12 bits per heavy atom. The molecule has 0 atom stereocenters. The van der Waals surface area contributed by atoms with Crippen LogP contribution in [0.15, 0.2) is 465 Å². The van der Waals surface area contributed by atoms with E-state index in [9.17, 15) is 19.2 Å². The average Bonchev–Trinajstić information content (AvgIpc) is 1.10. The number of furan rings is 5. The smallest absolute Gasteiger partial charge is 0.252 e. The molecule has 21 aromatic carbocycles. The monoisotopic (exact) mass is 1750 g/mol. The van der Waals surface area contributed by atoms with Crippen molar-refractivity contribution in [3.05, 3.63) is 443 Å². The van der Waals surface area contributed by atoms with Crippen LogP contribution >= 0.6 is 0 Å². The first-order chi connectivity index (χ1) is 73.3. The fourth-order valence-corrected chi connectivity index (χ4v) is 22.2. The van der Waals surface area contributed by atoms with Gasteiger partial charge in [-0.25, -0.2) is 0 Å². The van der Waals surface area contributed by atoms with E-state index >= 15 is 0 Å². The zero-order valence-corrected chi connectivity index (χ0v) is 72.0. The molecular weight excluding hydrogens is 1660 g/mol. The van der Waals surface area contributed by atoms with Gasteiger partial charge in [-0.05, 0) is 176 Å². The minimum Gasteiger partial charge on any atom is -0.456 e. The van der Waals surface area contributed by atoms with Gasteiger partial charge in [0.15, 0.2) is 0 Å². The summed E-state index contributed by atoms with van der Waals surface area (Å²) in [6.45, 7) is -0.965. The van der Waals surface area contributed by atoms with Gasteiger partial charge >= 0.3 is 0 Å². The standard InChI is InChI=1S/C126H73BN4O5/c1-5-30-74(31-6-1)78-59-65-105-98(66-78)85-39-14-21-51-104(85)128(105)81-60-63-101-107(70-81)130(121-99(91-48-27-46-89-87-40-15-22-52-111(87)133-123(89)91)72-96(76-34-9-3-10-35-76)125-118(121)94-43-18-25-55-114(94)135-125)109-68-80(83-45-29-57-116-117(83)93-42-17-24-54-113(93)132-116)69-110-120(109)127(101)102-64-61-82(129-103-50-20-13-38-84(103)86-62-58-79(67-106(86)129)75-32-7-2-8-33-75)71-108(102)131(110)122-100(92-49-28-47-90-88-41-16-23-53-112(88)134-124(90)92)73-97(77-36-11-4-12-37-77)126-119(122)95-44-19-26-56-115(95)136-126/h1-73H/i13D,14D,20D,21D,38D,39D,50D,51D,58D,59D,62D,65D,66D,67D. The zero-order valence-electron chi connectivity index (χ0n) is 86.0. The van der Waals surface area contributed by atoms with E-state index in [-0.39, 0.29) is 96.7 Å². The van der Waals surface area contributed by atoms with Gasteiger partial charge in [-0.2, -0.15) is 0 Å². The molecule has 7 aromatic heterocycles. The van der Waals surface area contributed by atoms with Crippen LogP contribution in [-0.2, 0) is 0 Å². The van der Waals surface area contributed by atoms with E-state index in [1.807, 2.05) is 182 Å². The third kappa shape index (κ3) is 10.8. The lowest BCUT2D eigenvalue weighted by Gasteiger charge is -2.45. The Labute approximate surface area is 798 Å². The van der Waals surface area contributed by atoms with Crippen LogP contribution in [0.25, 0.3) is 243 Å². The van der Waals surface area contributed by atoms with E-state index in [4.69, 9.17) is 22.1 Å². The van der Waals surface area contributed by atoms with E-state index in [1.165, 1.54) is 0 Å². The lowest BCUT2D eigenvalue weighted by molar-refractivity contribution is 0.669. The number of para-hydroxylation sites is 9. The molecule has 2 aliphatic heterocycles. The van der Waals surface area contributed by atoms with Crippen molar-refractivity contribution in [3.8, 4) is 89.3 Å². The van der Waals surface area contributed by atoms with Crippen molar-refractivity contribution in [2.45, 2.75) is 0 Å². The van der Waals surface area contributed by atoms with Crippen LogP contribution in [0, 0.1) is 0 Å². The first kappa shape index (κ1) is 62.2. The highest BCUT2D eigenvalue weighted by Gasteiger charge is 2.47. The van der Waals surface area contributed by atoms with Crippen LogP contribution in [0.5, 0.6) is 0 Å². The van der Waals surface area contributed by atoms with Crippen molar-refractivity contribution in [1.82, 2.24) is 9.13 Å². The maximum absolute atomic E-state index is 10.9. The van der Waals surface area contributed by atoms with Gasteiger partial charge in [0.25, 0.3) is 6.71 Å². The molecule has 0 radical (unpaired) electrons. The summed E-state index contributed by atoms with van der Waals surface area (Å²) in [6, 6.07) is 112. The average molecular weight is 1750 g/mol. The molecule has 0 aliphatic carbocycles. The van der Waals surface area contributed by atoms with Crippen LogP contribution in [0.1, 0.15) is 19.2 Å². The molecule has 9 heterocycles. The molecule has 0 fully saturated rings. The molecule has 0 saturated heterocycles. The molecule has 630 valence electrons. The molecule has 0 saturated carbocycles. The van der Waals surface area contributed by atoms with Crippen molar-refractivity contribution in [2.24, 2.45) is 0 Å².